The van der Waals surface area contributed by atoms with Gasteiger partial charge in [0.1, 0.15) is 5.41 Å². The van der Waals surface area contributed by atoms with Gasteiger partial charge in [0.25, 0.3) is 0 Å². The van der Waals surface area contributed by atoms with Crippen LogP contribution in [0.3, 0.4) is 0 Å². The van der Waals surface area contributed by atoms with Gasteiger partial charge in [-0.1, -0.05) is 19.9 Å². The van der Waals surface area contributed by atoms with Crippen LogP contribution in [0.1, 0.15) is 38.7 Å². The van der Waals surface area contributed by atoms with E-state index in [-0.39, 0.29) is 11.8 Å². The average Bonchev–Trinajstić information content (AvgIpc) is 3.23. The Balaban J connectivity index is 1.97. The summed E-state index contributed by atoms with van der Waals surface area (Å²) in [6, 6.07) is 5.73. The van der Waals surface area contributed by atoms with Crippen molar-refractivity contribution in [2.75, 3.05) is 11.9 Å². The van der Waals surface area contributed by atoms with Gasteiger partial charge in [-0.2, -0.15) is 0 Å². The number of aryl methyl sites for hydroxylation is 1. The zero-order valence-corrected chi connectivity index (χ0v) is 14.9. The van der Waals surface area contributed by atoms with E-state index < -0.39 is 5.41 Å². The topological polar surface area (TPSA) is 58.2 Å². The molecule has 4 nitrogen and oxygen atoms in total. The van der Waals surface area contributed by atoms with Gasteiger partial charge in [-0.25, -0.2) is 0 Å². The van der Waals surface area contributed by atoms with Gasteiger partial charge in [0.2, 0.25) is 11.8 Å². The smallest absolute Gasteiger partial charge is 0.240 e. The molecule has 2 N–H and O–H groups in total. The molecular weight excluding hydrogens is 344 g/mol. The van der Waals surface area contributed by atoms with Crippen LogP contribution in [0, 0.1) is 18.3 Å². The highest BCUT2D eigenvalue weighted by Crippen LogP contribution is 2.47. The highest BCUT2D eigenvalue weighted by Gasteiger charge is 2.56. The standard InChI is InChI=1S/C17H23BrN2O2/c1-11(2)6-9-19-15(21)17(7-8-17)16(22)20-14-5-4-12(3)10-13(14)18/h4-5,10-11H,6-9H2,1-3H3,(H,19,21)(H,20,22). The molecule has 1 aromatic carbocycles. The van der Waals surface area contributed by atoms with E-state index in [0.717, 1.165) is 16.5 Å². The van der Waals surface area contributed by atoms with Crippen LogP contribution in [0.15, 0.2) is 22.7 Å². The molecule has 22 heavy (non-hydrogen) atoms. The quantitative estimate of drug-likeness (QED) is 0.755. The number of amides is 2. The van der Waals surface area contributed by atoms with Crippen molar-refractivity contribution in [3.63, 3.8) is 0 Å². The first-order chi connectivity index (χ1) is 10.3. The Hall–Kier alpha value is -1.36. The minimum atomic E-state index is -0.874. The summed E-state index contributed by atoms with van der Waals surface area (Å²) in [5.74, 6) is 0.181. The number of hydrogen-bond donors (Lipinski definition) is 2. The predicted molar refractivity (Wildman–Crippen MR) is 91.6 cm³/mol. The van der Waals surface area contributed by atoms with E-state index in [4.69, 9.17) is 0 Å². The fraction of sp³-hybridized carbons (Fsp3) is 0.529. The minimum absolute atomic E-state index is 0.145. The molecule has 0 radical (unpaired) electrons. The number of rotatable bonds is 6. The summed E-state index contributed by atoms with van der Waals surface area (Å²) in [5, 5.41) is 5.77. The van der Waals surface area contributed by atoms with Crippen LogP contribution >= 0.6 is 15.9 Å². The number of carbonyl (C=O) groups is 2. The highest BCUT2D eigenvalue weighted by molar-refractivity contribution is 9.10. The maximum absolute atomic E-state index is 12.5. The molecule has 2 amide bonds. The monoisotopic (exact) mass is 366 g/mol. The molecule has 2 rings (SSSR count). The lowest BCUT2D eigenvalue weighted by Gasteiger charge is -2.16. The molecule has 0 saturated heterocycles. The van der Waals surface area contributed by atoms with E-state index in [2.05, 4.69) is 40.4 Å². The molecule has 0 bridgehead atoms. The summed E-state index contributed by atoms with van der Waals surface area (Å²) < 4.78 is 0.830. The molecule has 1 aromatic rings. The lowest BCUT2D eigenvalue weighted by molar-refractivity contribution is -0.134. The molecular formula is C17H23BrN2O2. The first-order valence-electron chi connectivity index (χ1n) is 7.71. The Bertz CT molecular complexity index is 580. The molecule has 1 saturated carbocycles. The number of anilines is 1. The maximum atomic E-state index is 12.5. The normalized spacial score (nSPS) is 15.5. The van der Waals surface area contributed by atoms with Gasteiger partial charge < -0.3 is 10.6 Å². The Morgan fingerprint density at radius 3 is 2.50 bits per heavy atom. The van der Waals surface area contributed by atoms with Gasteiger partial charge >= 0.3 is 0 Å². The third-order valence-electron chi connectivity index (χ3n) is 4.00. The van der Waals surface area contributed by atoms with Gasteiger partial charge in [-0.05, 0) is 65.7 Å². The van der Waals surface area contributed by atoms with Gasteiger partial charge in [-0.15, -0.1) is 0 Å². The molecule has 1 aliphatic rings. The fourth-order valence-corrected chi connectivity index (χ4v) is 2.88. The molecule has 0 heterocycles. The Labute approximate surface area is 140 Å². The summed E-state index contributed by atoms with van der Waals surface area (Å²) in [5.41, 5.74) is 0.940. The SMILES string of the molecule is Cc1ccc(NC(=O)C2(C(=O)NCCC(C)C)CC2)c(Br)c1. The number of hydrogen-bond acceptors (Lipinski definition) is 2. The van der Waals surface area contributed by atoms with Crippen LogP contribution in [0.5, 0.6) is 0 Å². The second kappa shape index (κ2) is 6.82. The summed E-state index contributed by atoms with van der Waals surface area (Å²) in [4.78, 5) is 24.8. The van der Waals surface area contributed by atoms with Crippen molar-refractivity contribution in [3.8, 4) is 0 Å². The van der Waals surface area contributed by atoms with E-state index in [1.54, 1.807) is 0 Å². The highest BCUT2D eigenvalue weighted by atomic mass is 79.9. The van der Waals surface area contributed by atoms with Crippen LogP contribution in [-0.4, -0.2) is 18.4 Å². The fourth-order valence-electron chi connectivity index (χ4n) is 2.29. The predicted octanol–water partition coefficient (Wildman–Crippen LogP) is 3.64. The Morgan fingerprint density at radius 2 is 1.95 bits per heavy atom. The first-order valence-corrected chi connectivity index (χ1v) is 8.50. The van der Waals surface area contributed by atoms with Crippen molar-refractivity contribution in [3.05, 3.63) is 28.2 Å². The number of carbonyl (C=O) groups excluding carboxylic acids is 2. The van der Waals surface area contributed by atoms with Crippen LogP contribution in [-0.2, 0) is 9.59 Å². The minimum Gasteiger partial charge on any atom is -0.355 e. The zero-order valence-electron chi connectivity index (χ0n) is 13.3. The Morgan fingerprint density at radius 1 is 1.27 bits per heavy atom. The van der Waals surface area contributed by atoms with Crippen molar-refractivity contribution in [2.45, 2.75) is 40.0 Å². The van der Waals surface area contributed by atoms with E-state index in [0.29, 0.717) is 31.0 Å². The summed E-state index contributed by atoms with van der Waals surface area (Å²) in [6.07, 6.45) is 2.17. The first kappa shape index (κ1) is 17.0. The number of benzene rings is 1. The van der Waals surface area contributed by atoms with Gasteiger partial charge in [0.05, 0.1) is 5.69 Å². The lowest BCUT2D eigenvalue weighted by Crippen LogP contribution is -2.40. The van der Waals surface area contributed by atoms with Crippen molar-refractivity contribution in [1.82, 2.24) is 5.32 Å². The molecule has 0 unspecified atom stereocenters. The molecule has 0 atom stereocenters. The number of nitrogens with one attached hydrogen (secondary N) is 2. The lowest BCUT2D eigenvalue weighted by atomic mass is 10.0. The zero-order chi connectivity index (χ0) is 16.3. The van der Waals surface area contributed by atoms with E-state index >= 15 is 0 Å². The Kier molecular flexibility index (Phi) is 5.27. The average molecular weight is 367 g/mol. The van der Waals surface area contributed by atoms with Crippen molar-refractivity contribution in [1.29, 1.82) is 0 Å². The van der Waals surface area contributed by atoms with Gasteiger partial charge in [0, 0.05) is 11.0 Å². The molecule has 5 heteroatoms. The molecule has 120 valence electrons. The van der Waals surface area contributed by atoms with Crippen LogP contribution < -0.4 is 10.6 Å². The van der Waals surface area contributed by atoms with Crippen LogP contribution in [0.2, 0.25) is 0 Å². The second-order valence-electron chi connectivity index (χ2n) is 6.46. The van der Waals surface area contributed by atoms with E-state index in [9.17, 15) is 9.59 Å². The van der Waals surface area contributed by atoms with Crippen molar-refractivity contribution in [2.24, 2.45) is 11.3 Å². The summed E-state index contributed by atoms with van der Waals surface area (Å²) >= 11 is 3.44. The largest absolute Gasteiger partial charge is 0.355 e. The molecule has 0 aliphatic heterocycles. The van der Waals surface area contributed by atoms with E-state index in [1.165, 1.54) is 0 Å². The number of halogens is 1. The van der Waals surface area contributed by atoms with Crippen LogP contribution in [0.4, 0.5) is 5.69 Å². The van der Waals surface area contributed by atoms with Crippen molar-refractivity contribution < 1.29 is 9.59 Å². The molecule has 0 aromatic heterocycles. The molecule has 1 aliphatic carbocycles. The molecule has 1 fully saturated rings. The summed E-state index contributed by atoms with van der Waals surface area (Å²) in [7, 11) is 0. The van der Waals surface area contributed by atoms with E-state index in [1.807, 2.05) is 25.1 Å². The van der Waals surface area contributed by atoms with Crippen molar-refractivity contribution >= 4 is 33.4 Å². The third-order valence-corrected chi connectivity index (χ3v) is 4.66. The second-order valence-corrected chi connectivity index (χ2v) is 7.31. The van der Waals surface area contributed by atoms with Gasteiger partial charge in [0.15, 0.2) is 0 Å². The third kappa shape index (κ3) is 3.88. The molecule has 0 spiro atoms. The maximum Gasteiger partial charge on any atom is 0.240 e. The summed E-state index contributed by atoms with van der Waals surface area (Å²) in [6.45, 7) is 6.84. The van der Waals surface area contributed by atoms with Gasteiger partial charge in [-0.3, -0.25) is 9.59 Å². The van der Waals surface area contributed by atoms with Crippen LogP contribution in [0.25, 0.3) is 0 Å².